The Balaban J connectivity index is 2.53. The fourth-order valence-corrected chi connectivity index (χ4v) is 2.50. The highest BCUT2D eigenvalue weighted by atomic mass is 79.9. The lowest BCUT2D eigenvalue weighted by Crippen LogP contribution is -2.07. The first kappa shape index (κ1) is 15.0. The van der Waals surface area contributed by atoms with Crippen LogP contribution < -0.4 is 4.74 Å². The summed E-state index contributed by atoms with van der Waals surface area (Å²) in [5.41, 5.74) is 1.28. The van der Waals surface area contributed by atoms with Crippen molar-refractivity contribution in [3.05, 3.63) is 28.2 Å². The van der Waals surface area contributed by atoms with Gasteiger partial charge in [-0.15, -0.1) is 0 Å². The van der Waals surface area contributed by atoms with Gasteiger partial charge in [0.15, 0.2) is 0 Å². The highest BCUT2D eigenvalue weighted by Gasteiger charge is 2.10. The standard InChI is InChI=1S/C14H20Br2O/c1-10(2)13(16)6-4-5-11-9-12(15)7-8-14(11)17-3/h7-10,13H,4-6H2,1-3H3. The molecule has 1 atom stereocenters. The van der Waals surface area contributed by atoms with Crippen molar-refractivity contribution < 1.29 is 4.74 Å². The first-order valence-corrected chi connectivity index (χ1v) is 7.72. The molecular formula is C14H20Br2O. The molecule has 0 amide bonds. The Hall–Kier alpha value is -0.0200. The van der Waals surface area contributed by atoms with Crippen LogP contribution in [-0.2, 0) is 6.42 Å². The van der Waals surface area contributed by atoms with Crippen molar-refractivity contribution in [3.63, 3.8) is 0 Å². The molecule has 0 fully saturated rings. The monoisotopic (exact) mass is 362 g/mol. The fraction of sp³-hybridized carbons (Fsp3) is 0.571. The van der Waals surface area contributed by atoms with Gasteiger partial charge in [0.25, 0.3) is 0 Å². The second-order valence-electron chi connectivity index (χ2n) is 4.61. The molecule has 0 aliphatic carbocycles. The number of methoxy groups -OCH3 is 1. The molecule has 1 aromatic rings. The van der Waals surface area contributed by atoms with Crippen LogP contribution in [0.15, 0.2) is 22.7 Å². The minimum Gasteiger partial charge on any atom is -0.496 e. The van der Waals surface area contributed by atoms with E-state index in [1.165, 1.54) is 18.4 Å². The second-order valence-corrected chi connectivity index (χ2v) is 6.70. The van der Waals surface area contributed by atoms with Crippen LogP contribution >= 0.6 is 31.9 Å². The average molecular weight is 364 g/mol. The first-order valence-electron chi connectivity index (χ1n) is 6.01. The van der Waals surface area contributed by atoms with Crippen LogP contribution in [0.5, 0.6) is 5.75 Å². The lowest BCUT2D eigenvalue weighted by Gasteiger charge is -2.14. The molecule has 0 spiro atoms. The summed E-state index contributed by atoms with van der Waals surface area (Å²) in [5.74, 6) is 1.68. The van der Waals surface area contributed by atoms with Gasteiger partial charge in [-0.1, -0.05) is 45.7 Å². The zero-order chi connectivity index (χ0) is 12.8. The Morgan fingerprint density at radius 1 is 1.29 bits per heavy atom. The number of hydrogen-bond acceptors (Lipinski definition) is 1. The third kappa shape index (κ3) is 5.01. The summed E-state index contributed by atoms with van der Waals surface area (Å²) in [7, 11) is 1.73. The maximum atomic E-state index is 5.37. The van der Waals surface area contributed by atoms with E-state index in [0.29, 0.717) is 10.7 Å². The van der Waals surface area contributed by atoms with E-state index in [2.05, 4.69) is 51.8 Å². The van der Waals surface area contributed by atoms with Crippen molar-refractivity contribution in [1.29, 1.82) is 0 Å². The second kappa shape index (κ2) is 7.42. The smallest absolute Gasteiger partial charge is 0.122 e. The molecule has 0 N–H and O–H groups in total. The molecule has 0 aliphatic heterocycles. The molecule has 17 heavy (non-hydrogen) atoms. The summed E-state index contributed by atoms with van der Waals surface area (Å²) < 4.78 is 6.49. The van der Waals surface area contributed by atoms with Crippen molar-refractivity contribution in [1.82, 2.24) is 0 Å². The van der Waals surface area contributed by atoms with E-state index >= 15 is 0 Å². The van der Waals surface area contributed by atoms with E-state index in [0.717, 1.165) is 16.6 Å². The normalized spacial score (nSPS) is 12.8. The molecule has 0 saturated heterocycles. The van der Waals surface area contributed by atoms with Crippen molar-refractivity contribution in [2.75, 3.05) is 7.11 Å². The van der Waals surface area contributed by atoms with Gasteiger partial charge in [0, 0.05) is 9.30 Å². The van der Waals surface area contributed by atoms with E-state index in [4.69, 9.17) is 4.74 Å². The van der Waals surface area contributed by atoms with Crippen LogP contribution in [0.25, 0.3) is 0 Å². The Morgan fingerprint density at radius 2 is 2.00 bits per heavy atom. The van der Waals surface area contributed by atoms with E-state index in [-0.39, 0.29) is 0 Å². The predicted molar refractivity (Wildman–Crippen MR) is 81.2 cm³/mol. The van der Waals surface area contributed by atoms with E-state index < -0.39 is 0 Å². The molecule has 0 radical (unpaired) electrons. The summed E-state index contributed by atoms with van der Waals surface area (Å²) in [6.07, 6.45) is 3.45. The van der Waals surface area contributed by atoms with Crippen LogP contribution in [0.2, 0.25) is 0 Å². The van der Waals surface area contributed by atoms with Gasteiger partial charge >= 0.3 is 0 Å². The molecule has 1 aromatic carbocycles. The number of benzene rings is 1. The van der Waals surface area contributed by atoms with Gasteiger partial charge in [-0.05, 0) is 48.9 Å². The van der Waals surface area contributed by atoms with Gasteiger partial charge in [0.1, 0.15) is 5.75 Å². The highest BCUT2D eigenvalue weighted by molar-refractivity contribution is 9.10. The molecule has 0 aromatic heterocycles. The van der Waals surface area contributed by atoms with Crippen LogP contribution in [0.1, 0.15) is 32.3 Å². The zero-order valence-corrected chi connectivity index (χ0v) is 13.8. The zero-order valence-electron chi connectivity index (χ0n) is 10.7. The van der Waals surface area contributed by atoms with Gasteiger partial charge in [0.2, 0.25) is 0 Å². The van der Waals surface area contributed by atoms with E-state index in [9.17, 15) is 0 Å². The molecule has 1 nitrogen and oxygen atoms in total. The molecular weight excluding hydrogens is 344 g/mol. The van der Waals surface area contributed by atoms with Gasteiger partial charge in [0.05, 0.1) is 7.11 Å². The van der Waals surface area contributed by atoms with Gasteiger partial charge < -0.3 is 4.74 Å². The molecule has 1 unspecified atom stereocenters. The number of halogens is 2. The topological polar surface area (TPSA) is 9.23 Å². The van der Waals surface area contributed by atoms with Gasteiger partial charge in [-0.25, -0.2) is 0 Å². The minimum atomic E-state index is 0.612. The first-order chi connectivity index (χ1) is 8.04. The Labute approximate surface area is 121 Å². The van der Waals surface area contributed by atoms with E-state index in [1.807, 2.05) is 12.1 Å². The number of aryl methyl sites for hydroxylation is 1. The lowest BCUT2D eigenvalue weighted by atomic mass is 10.0. The number of rotatable bonds is 6. The molecule has 0 heterocycles. The molecule has 0 bridgehead atoms. The summed E-state index contributed by atoms with van der Waals surface area (Å²) in [6.45, 7) is 4.50. The number of ether oxygens (including phenoxy) is 1. The SMILES string of the molecule is COc1ccc(Br)cc1CCCC(Br)C(C)C. The predicted octanol–water partition coefficient (Wildman–Crippen LogP) is 5.20. The molecule has 96 valence electrons. The number of hydrogen-bond donors (Lipinski definition) is 0. The van der Waals surface area contributed by atoms with Gasteiger partial charge in [-0.3, -0.25) is 0 Å². The van der Waals surface area contributed by atoms with Crippen LogP contribution in [0.4, 0.5) is 0 Å². The van der Waals surface area contributed by atoms with Crippen LogP contribution in [-0.4, -0.2) is 11.9 Å². The van der Waals surface area contributed by atoms with Crippen LogP contribution in [0.3, 0.4) is 0 Å². The summed E-state index contributed by atoms with van der Waals surface area (Å²) in [6, 6.07) is 6.19. The van der Waals surface area contributed by atoms with Crippen molar-refractivity contribution in [2.24, 2.45) is 5.92 Å². The Bertz CT molecular complexity index is 350. The fourth-order valence-electron chi connectivity index (χ4n) is 1.76. The summed E-state index contributed by atoms with van der Waals surface area (Å²) in [5, 5.41) is 0. The van der Waals surface area contributed by atoms with Crippen molar-refractivity contribution >= 4 is 31.9 Å². The quantitative estimate of drug-likeness (QED) is 0.631. The average Bonchev–Trinajstić information content (AvgIpc) is 2.29. The molecule has 1 rings (SSSR count). The van der Waals surface area contributed by atoms with Crippen molar-refractivity contribution in [3.8, 4) is 5.75 Å². The third-order valence-corrected chi connectivity index (χ3v) is 4.90. The maximum absolute atomic E-state index is 5.37. The summed E-state index contributed by atoms with van der Waals surface area (Å²) in [4.78, 5) is 0.612. The Kier molecular flexibility index (Phi) is 6.57. The summed E-state index contributed by atoms with van der Waals surface area (Å²) >= 11 is 7.23. The van der Waals surface area contributed by atoms with Gasteiger partial charge in [-0.2, -0.15) is 0 Å². The largest absolute Gasteiger partial charge is 0.496 e. The minimum absolute atomic E-state index is 0.612. The van der Waals surface area contributed by atoms with E-state index in [1.54, 1.807) is 7.11 Å². The van der Waals surface area contributed by atoms with Crippen LogP contribution in [0, 0.1) is 5.92 Å². The molecule has 0 saturated carbocycles. The molecule has 0 aliphatic rings. The van der Waals surface area contributed by atoms with Crippen molar-refractivity contribution in [2.45, 2.75) is 37.9 Å². The molecule has 3 heteroatoms. The maximum Gasteiger partial charge on any atom is 0.122 e. The highest BCUT2D eigenvalue weighted by Crippen LogP contribution is 2.26. The lowest BCUT2D eigenvalue weighted by molar-refractivity contribution is 0.408. The Morgan fingerprint density at radius 3 is 2.59 bits per heavy atom. The third-order valence-electron chi connectivity index (χ3n) is 2.89. The number of alkyl halides is 1.